The minimum absolute atomic E-state index is 0.110. The van der Waals surface area contributed by atoms with Crippen LogP contribution in [-0.2, 0) is 16.2 Å². The van der Waals surface area contributed by atoms with Crippen LogP contribution in [0.5, 0.6) is 11.5 Å². The molecular formula is C55H41NOS. The van der Waals surface area contributed by atoms with Gasteiger partial charge in [0.05, 0.1) is 16.8 Å². The molecule has 2 heterocycles. The lowest BCUT2D eigenvalue weighted by Crippen LogP contribution is -2.44. The summed E-state index contributed by atoms with van der Waals surface area (Å²) in [4.78, 5) is 2.55. The molecule has 2 aliphatic carbocycles. The van der Waals surface area contributed by atoms with Crippen LogP contribution in [0.1, 0.15) is 61.1 Å². The zero-order chi connectivity index (χ0) is 39.0. The van der Waals surface area contributed by atoms with Crippen LogP contribution in [0.15, 0.2) is 176 Å². The summed E-state index contributed by atoms with van der Waals surface area (Å²) in [5, 5.41) is 2.57. The van der Waals surface area contributed by atoms with Crippen LogP contribution in [0.2, 0.25) is 0 Å². The molecule has 12 rings (SSSR count). The highest BCUT2D eigenvalue weighted by molar-refractivity contribution is 7.26. The lowest BCUT2D eigenvalue weighted by molar-refractivity contribution is 0.300. The number of hydrogen-bond acceptors (Lipinski definition) is 3. The second kappa shape index (κ2) is 11.8. The van der Waals surface area contributed by atoms with E-state index in [9.17, 15) is 0 Å². The highest BCUT2D eigenvalue weighted by Gasteiger charge is 2.51. The SMILES string of the molecule is CC1(C)c2ccccc2-c2cccc(N(c3ccccc3)c3cccc4sc5cc6c(cc5c34)-c3ccccc3C63c4ccccc4Oc4ccccc43)c2C1(C)C. The monoisotopic (exact) mass is 763 g/mol. The summed E-state index contributed by atoms with van der Waals surface area (Å²) in [6, 6.07) is 65.2. The highest BCUT2D eigenvalue weighted by Crippen LogP contribution is 2.64. The quantitative estimate of drug-likeness (QED) is 0.178. The Kier molecular flexibility index (Phi) is 6.86. The fourth-order valence-corrected chi connectivity index (χ4v) is 12.0. The average molecular weight is 764 g/mol. The molecule has 1 aliphatic heterocycles. The zero-order valence-electron chi connectivity index (χ0n) is 33.0. The fourth-order valence-electron chi connectivity index (χ4n) is 10.8. The lowest BCUT2D eigenvalue weighted by Gasteiger charge is -2.50. The molecule has 0 radical (unpaired) electrons. The summed E-state index contributed by atoms with van der Waals surface area (Å²) in [7, 11) is 0. The van der Waals surface area contributed by atoms with Gasteiger partial charge in [0.15, 0.2) is 0 Å². The summed E-state index contributed by atoms with van der Waals surface area (Å²) < 4.78 is 9.20. The Bertz CT molecular complexity index is 3120. The molecule has 278 valence electrons. The molecule has 0 unspecified atom stereocenters. The predicted octanol–water partition coefficient (Wildman–Crippen LogP) is 15.2. The molecule has 9 aromatic rings. The molecule has 0 atom stereocenters. The van der Waals surface area contributed by atoms with E-state index in [1.54, 1.807) is 0 Å². The second-order valence-corrected chi connectivity index (χ2v) is 18.3. The van der Waals surface area contributed by atoms with Gasteiger partial charge in [-0.05, 0) is 105 Å². The second-order valence-electron chi connectivity index (χ2n) is 17.2. The molecule has 58 heavy (non-hydrogen) atoms. The fraction of sp³-hybridized carbons (Fsp3) is 0.127. The minimum Gasteiger partial charge on any atom is -0.457 e. The zero-order valence-corrected chi connectivity index (χ0v) is 33.8. The Morgan fingerprint density at radius 3 is 1.72 bits per heavy atom. The molecule has 1 spiro atoms. The summed E-state index contributed by atoms with van der Waals surface area (Å²) in [6.07, 6.45) is 0. The van der Waals surface area contributed by atoms with Crippen molar-refractivity contribution in [3.05, 3.63) is 209 Å². The van der Waals surface area contributed by atoms with E-state index in [4.69, 9.17) is 4.74 Å². The molecule has 2 nitrogen and oxygen atoms in total. The Morgan fingerprint density at radius 2 is 1.00 bits per heavy atom. The van der Waals surface area contributed by atoms with Crippen molar-refractivity contribution >= 4 is 48.6 Å². The van der Waals surface area contributed by atoms with E-state index in [1.807, 2.05) is 11.3 Å². The highest BCUT2D eigenvalue weighted by atomic mass is 32.1. The largest absolute Gasteiger partial charge is 0.457 e. The smallest absolute Gasteiger partial charge is 0.132 e. The molecule has 0 bridgehead atoms. The number of ether oxygens (including phenoxy) is 1. The summed E-state index contributed by atoms with van der Waals surface area (Å²) in [5.41, 5.74) is 15.8. The number of para-hydroxylation sites is 3. The molecular weight excluding hydrogens is 723 g/mol. The maximum atomic E-state index is 6.64. The first-order chi connectivity index (χ1) is 28.3. The molecule has 1 aromatic heterocycles. The van der Waals surface area contributed by atoms with Crippen molar-refractivity contribution in [3.63, 3.8) is 0 Å². The van der Waals surface area contributed by atoms with Crippen LogP contribution in [0.3, 0.4) is 0 Å². The molecule has 0 saturated heterocycles. The number of nitrogens with zero attached hydrogens (tertiary/aromatic N) is 1. The van der Waals surface area contributed by atoms with Gasteiger partial charge < -0.3 is 9.64 Å². The third-order valence-electron chi connectivity index (χ3n) is 14.1. The maximum absolute atomic E-state index is 6.64. The van der Waals surface area contributed by atoms with E-state index >= 15 is 0 Å². The first-order valence-corrected chi connectivity index (χ1v) is 21.2. The lowest BCUT2D eigenvalue weighted by atomic mass is 9.55. The van der Waals surface area contributed by atoms with Gasteiger partial charge in [-0.15, -0.1) is 11.3 Å². The van der Waals surface area contributed by atoms with Gasteiger partial charge in [0.1, 0.15) is 11.5 Å². The number of hydrogen-bond donors (Lipinski definition) is 0. The van der Waals surface area contributed by atoms with E-state index in [2.05, 4.69) is 209 Å². The number of fused-ring (bicyclic) bond motifs is 15. The Labute approximate surface area is 343 Å². The number of benzene rings is 8. The summed E-state index contributed by atoms with van der Waals surface area (Å²) in [6.45, 7) is 9.73. The van der Waals surface area contributed by atoms with Gasteiger partial charge in [-0.3, -0.25) is 0 Å². The van der Waals surface area contributed by atoms with E-state index in [0.29, 0.717) is 0 Å². The number of thiophene rings is 1. The van der Waals surface area contributed by atoms with Gasteiger partial charge in [0, 0.05) is 42.4 Å². The van der Waals surface area contributed by atoms with Gasteiger partial charge in [0.25, 0.3) is 0 Å². The van der Waals surface area contributed by atoms with Crippen LogP contribution in [0.25, 0.3) is 42.4 Å². The van der Waals surface area contributed by atoms with Crippen molar-refractivity contribution < 1.29 is 4.74 Å². The van der Waals surface area contributed by atoms with Crippen molar-refractivity contribution in [1.82, 2.24) is 0 Å². The molecule has 8 aromatic carbocycles. The standard InChI is InChI=1S/C55H41NOS/c1-53(2)40-23-10-8-20-35(40)37-22-16-28-46(52(37)54(53,3)4)56(34-18-6-5-7-19-34)45-27-17-31-49-51(45)39-32-38-36-21-9-11-24-41(36)55(44(38)33-50(39)58-49)42-25-12-14-29-47(42)57-48-30-15-13-26-43(48)55/h5-33H,1-4H3. The van der Waals surface area contributed by atoms with Crippen LogP contribution in [-0.4, -0.2) is 0 Å². The third-order valence-corrected chi connectivity index (χ3v) is 15.2. The molecule has 0 fully saturated rings. The van der Waals surface area contributed by atoms with Gasteiger partial charge in [0.2, 0.25) is 0 Å². The van der Waals surface area contributed by atoms with Crippen LogP contribution in [0, 0.1) is 0 Å². The maximum Gasteiger partial charge on any atom is 0.132 e. The van der Waals surface area contributed by atoms with Crippen LogP contribution < -0.4 is 9.64 Å². The van der Waals surface area contributed by atoms with Crippen molar-refractivity contribution in [3.8, 4) is 33.8 Å². The third kappa shape index (κ3) is 4.22. The van der Waals surface area contributed by atoms with E-state index < -0.39 is 5.41 Å². The molecule has 0 N–H and O–H groups in total. The van der Waals surface area contributed by atoms with Gasteiger partial charge >= 0.3 is 0 Å². The summed E-state index contributed by atoms with van der Waals surface area (Å²) >= 11 is 1.90. The molecule has 0 saturated carbocycles. The predicted molar refractivity (Wildman–Crippen MR) is 243 cm³/mol. The topological polar surface area (TPSA) is 12.5 Å². The first kappa shape index (κ1) is 33.7. The Morgan fingerprint density at radius 1 is 0.431 bits per heavy atom. The summed E-state index contributed by atoms with van der Waals surface area (Å²) in [5.74, 6) is 1.84. The number of rotatable bonds is 3. The minimum atomic E-state index is -0.502. The van der Waals surface area contributed by atoms with Crippen LogP contribution in [0.4, 0.5) is 17.1 Å². The first-order valence-electron chi connectivity index (χ1n) is 20.4. The van der Waals surface area contributed by atoms with E-state index in [-0.39, 0.29) is 10.8 Å². The molecule has 0 amide bonds. The van der Waals surface area contributed by atoms with E-state index in [0.717, 1.165) is 17.2 Å². The van der Waals surface area contributed by atoms with Crippen molar-refractivity contribution in [2.24, 2.45) is 0 Å². The number of anilines is 3. The Balaban J connectivity index is 1.16. The van der Waals surface area contributed by atoms with Crippen molar-refractivity contribution in [2.75, 3.05) is 4.90 Å². The van der Waals surface area contributed by atoms with E-state index in [1.165, 1.54) is 87.2 Å². The van der Waals surface area contributed by atoms with Crippen molar-refractivity contribution in [2.45, 2.75) is 43.9 Å². The van der Waals surface area contributed by atoms with Crippen LogP contribution >= 0.6 is 11.3 Å². The molecule has 3 aliphatic rings. The van der Waals surface area contributed by atoms with Gasteiger partial charge in [-0.2, -0.15) is 0 Å². The van der Waals surface area contributed by atoms with Crippen molar-refractivity contribution in [1.29, 1.82) is 0 Å². The molecule has 3 heteroatoms. The van der Waals surface area contributed by atoms with Gasteiger partial charge in [-0.1, -0.05) is 149 Å². The Hall–Kier alpha value is -6.42. The normalized spacial score (nSPS) is 15.8. The van der Waals surface area contributed by atoms with Gasteiger partial charge in [-0.25, -0.2) is 0 Å². The average Bonchev–Trinajstić information content (AvgIpc) is 3.76.